The van der Waals surface area contributed by atoms with E-state index in [1.807, 2.05) is 6.92 Å². The normalized spacial score (nSPS) is 25.4. The monoisotopic (exact) mass is 171 g/mol. The first kappa shape index (κ1) is 9.68. The molecule has 0 amide bonds. The fraction of sp³-hybridized carbons (Fsp3) is 0.889. The summed E-state index contributed by atoms with van der Waals surface area (Å²) >= 11 is 0. The van der Waals surface area contributed by atoms with Gasteiger partial charge in [-0.15, -0.1) is 0 Å². The van der Waals surface area contributed by atoms with Gasteiger partial charge in [0.1, 0.15) is 5.78 Å². The van der Waals surface area contributed by atoms with Crippen molar-refractivity contribution in [2.24, 2.45) is 0 Å². The van der Waals surface area contributed by atoms with E-state index in [9.17, 15) is 9.90 Å². The molecule has 1 saturated heterocycles. The molecular weight excluding hydrogens is 154 g/mol. The number of hydrogen-bond donors (Lipinski definition) is 1. The minimum atomic E-state index is -0.351. The van der Waals surface area contributed by atoms with Crippen LogP contribution in [0.4, 0.5) is 0 Å². The van der Waals surface area contributed by atoms with Crippen molar-refractivity contribution < 1.29 is 9.90 Å². The molecule has 1 fully saturated rings. The summed E-state index contributed by atoms with van der Waals surface area (Å²) in [7, 11) is 0. The Balaban J connectivity index is 2.45. The third-order valence-electron chi connectivity index (χ3n) is 2.55. The van der Waals surface area contributed by atoms with Crippen LogP contribution in [0.5, 0.6) is 0 Å². The molecule has 70 valence electrons. The number of Topliss-reactive ketones (excluding diaryl/α,β-unsaturated/α-hetero) is 1. The van der Waals surface area contributed by atoms with E-state index in [-0.39, 0.29) is 12.1 Å². The molecule has 0 saturated carbocycles. The molecule has 2 unspecified atom stereocenters. The van der Waals surface area contributed by atoms with Gasteiger partial charge in [0.25, 0.3) is 0 Å². The maximum atomic E-state index is 11.1. The lowest BCUT2D eigenvalue weighted by Crippen LogP contribution is -2.46. The second-order valence-corrected chi connectivity index (χ2v) is 3.59. The molecule has 12 heavy (non-hydrogen) atoms. The predicted molar refractivity (Wildman–Crippen MR) is 47.0 cm³/mol. The van der Waals surface area contributed by atoms with Gasteiger partial charge in [-0.25, -0.2) is 0 Å². The summed E-state index contributed by atoms with van der Waals surface area (Å²) in [6.07, 6.45) is 1.30. The first-order valence-electron chi connectivity index (χ1n) is 4.55. The highest BCUT2D eigenvalue weighted by Gasteiger charge is 2.23. The highest BCUT2D eigenvalue weighted by molar-refractivity contribution is 5.81. The van der Waals surface area contributed by atoms with Gasteiger partial charge in [-0.2, -0.15) is 0 Å². The number of rotatable bonds is 2. The number of carbonyl (C=O) groups is 1. The van der Waals surface area contributed by atoms with Crippen LogP contribution in [-0.2, 0) is 4.79 Å². The molecule has 0 radical (unpaired) electrons. The van der Waals surface area contributed by atoms with Crippen LogP contribution in [0, 0.1) is 0 Å². The number of likely N-dealkylation sites (tertiary alicyclic amines) is 1. The van der Waals surface area contributed by atoms with Gasteiger partial charge in [-0.3, -0.25) is 9.69 Å². The molecule has 0 aromatic rings. The van der Waals surface area contributed by atoms with Gasteiger partial charge >= 0.3 is 0 Å². The van der Waals surface area contributed by atoms with Crippen LogP contribution >= 0.6 is 0 Å². The number of hydrogen-bond acceptors (Lipinski definition) is 3. The summed E-state index contributed by atoms with van der Waals surface area (Å²) in [6.45, 7) is 5.19. The predicted octanol–water partition coefficient (Wildman–Crippen LogP) is 0.421. The average molecular weight is 171 g/mol. The highest BCUT2D eigenvalue weighted by Crippen LogP contribution is 2.11. The fourth-order valence-electron chi connectivity index (χ4n) is 1.52. The van der Waals surface area contributed by atoms with Crippen molar-refractivity contribution in [3.63, 3.8) is 0 Å². The van der Waals surface area contributed by atoms with Gasteiger partial charge in [0.2, 0.25) is 0 Å². The molecule has 3 nitrogen and oxygen atoms in total. The Labute approximate surface area is 73.4 Å². The van der Waals surface area contributed by atoms with Crippen molar-refractivity contribution in [1.82, 2.24) is 4.90 Å². The Hall–Kier alpha value is -0.410. The van der Waals surface area contributed by atoms with Crippen molar-refractivity contribution >= 4 is 5.78 Å². The van der Waals surface area contributed by atoms with E-state index >= 15 is 0 Å². The van der Waals surface area contributed by atoms with Gasteiger partial charge in [0, 0.05) is 12.5 Å². The quantitative estimate of drug-likeness (QED) is 0.654. The van der Waals surface area contributed by atoms with Crippen molar-refractivity contribution in [2.75, 3.05) is 13.1 Å². The van der Waals surface area contributed by atoms with Crippen LogP contribution in [0.2, 0.25) is 0 Å². The highest BCUT2D eigenvalue weighted by atomic mass is 16.3. The molecule has 1 aliphatic rings. The number of piperidine rings is 1. The lowest BCUT2D eigenvalue weighted by atomic mass is 10.1. The maximum absolute atomic E-state index is 11.1. The van der Waals surface area contributed by atoms with Crippen LogP contribution in [0.3, 0.4) is 0 Å². The third kappa shape index (κ3) is 2.29. The summed E-state index contributed by atoms with van der Waals surface area (Å²) in [5, 5.41) is 9.31. The van der Waals surface area contributed by atoms with E-state index in [4.69, 9.17) is 0 Å². The van der Waals surface area contributed by atoms with Crippen molar-refractivity contribution in [1.29, 1.82) is 0 Å². The minimum absolute atomic E-state index is 0.106. The Kier molecular flexibility index (Phi) is 3.23. The fourth-order valence-corrected chi connectivity index (χ4v) is 1.52. The topological polar surface area (TPSA) is 40.5 Å². The second kappa shape index (κ2) is 4.01. The average Bonchev–Trinajstić information content (AvgIpc) is 2.03. The Morgan fingerprint density at radius 1 is 1.50 bits per heavy atom. The number of ketones is 1. The molecule has 1 N–H and O–H groups in total. The zero-order valence-corrected chi connectivity index (χ0v) is 7.79. The number of nitrogens with zero attached hydrogens (tertiary/aromatic N) is 1. The summed E-state index contributed by atoms with van der Waals surface area (Å²) < 4.78 is 0. The molecule has 0 aromatic carbocycles. The summed E-state index contributed by atoms with van der Waals surface area (Å²) in [5.74, 6) is 0.300. The lowest BCUT2D eigenvalue weighted by molar-refractivity contribution is -0.123. The van der Waals surface area contributed by atoms with Gasteiger partial charge in [-0.05, 0) is 26.8 Å². The summed E-state index contributed by atoms with van der Waals surface area (Å²) in [4.78, 5) is 13.1. The summed E-state index contributed by atoms with van der Waals surface area (Å²) in [5.41, 5.74) is 0. The van der Waals surface area contributed by atoms with Gasteiger partial charge in [-0.1, -0.05) is 0 Å². The second-order valence-electron chi connectivity index (χ2n) is 3.59. The molecule has 1 rings (SSSR count). The Bertz CT molecular complexity index is 168. The van der Waals surface area contributed by atoms with E-state index < -0.39 is 0 Å². The molecule has 0 spiro atoms. The van der Waals surface area contributed by atoms with Crippen molar-refractivity contribution in [3.8, 4) is 0 Å². The maximum Gasteiger partial charge on any atom is 0.146 e. The Morgan fingerprint density at radius 2 is 2.17 bits per heavy atom. The number of aliphatic hydroxyl groups is 1. The minimum Gasteiger partial charge on any atom is -0.392 e. The van der Waals surface area contributed by atoms with E-state index in [1.165, 1.54) is 0 Å². The first-order valence-corrected chi connectivity index (χ1v) is 4.55. The molecule has 0 aromatic heterocycles. The molecule has 0 aliphatic carbocycles. The SMILES string of the molecule is CC(O)C(C)N1CCCC(=O)C1. The van der Waals surface area contributed by atoms with Gasteiger partial charge in [0.15, 0.2) is 0 Å². The molecule has 0 bridgehead atoms. The van der Waals surface area contributed by atoms with E-state index in [0.717, 1.165) is 13.0 Å². The molecular formula is C9H17NO2. The standard InChI is InChI=1S/C9H17NO2/c1-7(8(2)11)10-5-3-4-9(12)6-10/h7-8,11H,3-6H2,1-2H3. The first-order chi connectivity index (χ1) is 5.61. The molecule has 3 heteroatoms. The van der Waals surface area contributed by atoms with Crippen LogP contribution in [0.25, 0.3) is 0 Å². The third-order valence-corrected chi connectivity index (χ3v) is 2.55. The zero-order valence-electron chi connectivity index (χ0n) is 7.79. The summed E-state index contributed by atoms with van der Waals surface area (Å²) in [6, 6.07) is 0.106. The Morgan fingerprint density at radius 3 is 2.67 bits per heavy atom. The number of aliphatic hydroxyl groups excluding tert-OH is 1. The van der Waals surface area contributed by atoms with Crippen LogP contribution in [0.15, 0.2) is 0 Å². The smallest absolute Gasteiger partial charge is 0.146 e. The van der Waals surface area contributed by atoms with Gasteiger partial charge < -0.3 is 5.11 Å². The number of carbonyl (C=O) groups excluding carboxylic acids is 1. The van der Waals surface area contributed by atoms with E-state index in [2.05, 4.69) is 4.90 Å². The largest absolute Gasteiger partial charge is 0.392 e. The molecule has 2 atom stereocenters. The van der Waals surface area contributed by atoms with Crippen LogP contribution in [0.1, 0.15) is 26.7 Å². The molecule has 1 aliphatic heterocycles. The van der Waals surface area contributed by atoms with Crippen molar-refractivity contribution in [2.45, 2.75) is 38.8 Å². The zero-order chi connectivity index (χ0) is 9.14. The van der Waals surface area contributed by atoms with Crippen LogP contribution in [-0.4, -0.2) is 41.0 Å². The molecule has 1 heterocycles. The van der Waals surface area contributed by atoms with Crippen molar-refractivity contribution in [3.05, 3.63) is 0 Å². The lowest BCUT2D eigenvalue weighted by Gasteiger charge is -2.32. The van der Waals surface area contributed by atoms with Gasteiger partial charge in [0.05, 0.1) is 12.6 Å². The van der Waals surface area contributed by atoms with E-state index in [0.29, 0.717) is 18.7 Å². The van der Waals surface area contributed by atoms with E-state index in [1.54, 1.807) is 6.92 Å². The van der Waals surface area contributed by atoms with Crippen LogP contribution < -0.4 is 0 Å².